The van der Waals surface area contributed by atoms with Crippen molar-refractivity contribution in [3.05, 3.63) is 64.9 Å². The molecule has 1 fully saturated rings. The normalized spacial score (nSPS) is 15.0. The number of amides is 1. The molecule has 2 aromatic carbocycles. The van der Waals surface area contributed by atoms with Gasteiger partial charge in [-0.1, -0.05) is 24.3 Å². The quantitative estimate of drug-likeness (QED) is 0.684. The number of hydrogen-bond acceptors (Lipinski definition) is 5. The zero-order valence-corrected chi connectivity index (χ0v) is 16.0. The summed E-state index contributed by atoms with van der Waals surface area (Å²) in [5.74, 6) is -0.968. The number of rotatable bonds is 6. The largest absolute Gasteiger partial charge is 0.420 e. The van der Waals surface area contributed by atoms with Crippen LogP contribution in [0.1, 0.15) is 0 Å². The summed E-state index contributed by atoms with van der Waals surface area (Å²) >= 11 is 0. The average molecular weight is 398 g/mol. The lowest BCUT2D eigenvalue weighted by Crippen LogP contribution is -2.48. The van der Waals surface area contributed by atoms with Crippen molar-refractivity contribution in [2.45, 2.75) is 6.54 Å². The number of para-hydroxylation sites is 3. The van der Waals surface area contributed by atoms with Crippen LogP contribution < -0.4 is 16.0 Å². The summed E-state index contributed by atoms with van der Waals surface area (Å²) in [6.45, 7) is 4.21. The molecule has 1 N–H and O–H groups in total. The van der Waals surface area contributed by atoms with E-state index in [1.807, 2.05) is 11.0 Å². The molecule has 1 aromatic heterocycles. The third kappa shape index (κ3) is 4.32. The fourth-order valence-corrected chi connectivity index (χ4v) is 3.64. The number of aromatic nitrogens is 1. The smallest absolute Gasteiger partial charge is 0.408 e. The number of fused-ring (bicyclic) bond motifs is 1. The van der Waals surface area contributed by atoms with E-state index < -0.39 is 5.76 Å². The number of halogens is 1. The first-order valence-corrected chi connectivity index (χ1v) is 9.69. The Bertz CT molecular complexity index is 1050. The molecule has 1 saturated heterocycles. The molecule has 1 aliphatic rings. The topological polar surface area (TPSA) is 70.7 Å². The number of oxazole rings is 1. The summed E-state index contributed by atoms with van der Waals surface area (Å²) < 4.78 is 20.4. The van der Waals surface area contributed by atoms with E-state index in [2.05, 4.69) is 10.2 Å². The van der Waals surface area contributed by atoms with Gasteiger partial charge in [0.15, 0.2) is 5.58 Å². The molecular formula is C21H23FN4O3. The summed E-state index contributed by atoms with van der Waals surface area (Å²) in [4.78, 5) is 28.5. The Morgan fingerprint density at radius 2 is 1.76 bits per heavy atom. The monoisotopic (exact) mass is 398 g/mol. The van der Waals surface area contributed by atoms with E-state index in [0.717, 1.165) is 26.2 Å². The molecule has 1 aliphatic heterocycles. The Kier molecular flexibility index (Phi) is 5.62. The van der Waals surface area contributed by atoms with Gasteiger partial charge in [-0.25, -0.2) is 9.18 Å². The predicted molar refractivity (Wildman–Crippen MR) is 109 cm³/mol. The van der Waals surface area contributed by atoms with Gasteiger partial charge in [0, 0.05) is 39.3 Å². The Balaban J connectivity index is 1.24. The summed E-state index contributed by atoms with van der Waals surface area (Å²) in [5.41, 5.74) is 1.72. The lowest BCUT2D eigenvalue weighted by Gasteiger charge is -2.36. The molecule has 0 radical (unpaired) electrons. The van der Waals surface area contributed by atoms with Crippen molar-refractivity contribution in [3.63, 3.8) is 0 Å². The van der Waals surface area contributed by atoms with E-state index in [-0.39, 0.29) is 18.3 Å². The standard InChI is InChI=1S/C21H23FN4O3/c22-16-5-1-2-6-17(16)25-13-11-24(12-14-25)10-9-23-20(27)15-26-18-7-3-4-8-19(18)29-21(26)28/h1-8H,9-15H2,(H,23,27). The first-order valence-electron chi connectivity index (χ1n) is 9.69. The van der Waals surface area contributed by atoms with Gasteiger partial charge in [-0.3, -0.25) is 14.3 Å². The maximum Gasteiger partial charge on any atom is 0.420 e. The zero-order valence-electron chi connectivity index (χ0n) is 16.0. The maximum atomic E-state index is 13.9. The highest BCUT2D eigenvalue weighted by Crippen LogP contribution is 2.20. The lowest BCUT2D eigenvalue weighted by atomic mass is 10.2. The minimum absolute atomic E-state index is 0.0725. The van der Waals surface area contributed by atoms with Crippen LogP contribution in [0.15, 0.2) is 57.7 Å². The molecule has 1 amide bonds. The van der Waals surface area contributed by atoms with Gasteiger partial charge in [0.25, 0.3) is 0 Å². The van der Waals surface area contributed by atoms with Crippen molar-refractivity contribution >= 4 is 22.7 Å². The number of carbonyl (C=O) groups is 1. The van der Waals surface area contributed by atoms with Crippen molar-refractivity contribution in [1.82, 2.24) is 14.8 Å². The molecule has 7 nitrogen and oxygen atoms in total. The third-order valence-corrected chi connectivity index (χ3v) is 5.19. The first-order chi connectivity index (χ1) is 14.1. The predicted octanol–water partition coefficient (Wildman–Crippen LogP) is 1.67. The van der Waals surface area contributed by atoms with E-state index in [1.54, 1.807) is 36.4 Å². The van der Waals surface area contributed by atoms with Gasteiger partial charge < -0.3 is 14.6 Å². The molecule has 0 bridgehead atoms. The van der Waals surface area contributed by atoms with E-state index in [0.29, 0.717) is 29.9 Å². The molecule has 152 valence electrons. The summed E-state index contributed by atoms with van der Waals surface area (Å²) in [6, 6.07) is 13.8. The van der Waals surface area contributed by atoms with E-state index >= 15 is 0 Å². The summed E-state index contributed by atoms with van der Waals surface area (Å²) in [5, 5.41) is 2.86. The van der Waals surface area contributed by atoms with E-state index in [9.17, 15) is 14.0 Å². The minimum Gasteiger partial charge on any atom is -0.408 e. The Morgan fingerprint density at radius 1 is 1.03 bits per heavy atom. The van der Waals surface area contributed by atoms with Crippen LogP contribution >= 0.6 is 0 Å². The van der Waals surface area contributed by atoms with Gasteiger partial charge >= 0.3 is 5.76 Å². The number of piperazine rings is 1. The Morgan fingerprint density at radius 3 is 2.55 bits per heavy atom. The van der Waals surface area contributed by atoms with Crippen molar-refractivity contribution in [3.8, 4) is 0 Å². The molecule has 29 heavy (non-hydrogen) atoms. The van der Waals surface area contributed by atoms with E-state index in [4.69, 9.17) is 4.42 Å². The van der Waals surface area contributed by atoms with Crippen LogP contribution in [0.4, 0.5) is 10.1 Å². The molecule has 8 heteroatoms. The highest BCUT2D eigenvalue weighted by atomic mass is 19.1. The molecule has 4 rings (SSSR count). The van der Waals surface area contributed by atoms with Crippen LogP contribution in [-0.2, 0) is 11.3 Å². The number of anilines is 1. The number of hydrogen-bond donors (Lipinski definition) is 1. The second-order valence-electron chi connectivity index (χ2n) is 7.05. The lowest BCUT2D eigenvalue weighted by molar-refractivity contribution is -0.121. The SMILES string of the molecule is O=C(Cn1c(=O)oc2ccccc21)NCCN1CCN(c2ccccc2F)CC1. The fraction of sp³-hybridized carbons (Fsp3) is 0.333. The van der Waals surface area contributed by atoms with Gasteiger partial charge in [-0.05, 0) is 24.3 Å². The van der Waals surface area contributed by atoms with Crippen LogP contribution in [0.25, 0.3) is 11.1 Å². The molecule has 2 heterocycles. The van der Waals surface area contributed by atoms with Gasteiger partial charge in [0.1, 0.15) is 12.4 Å². The van der Waals surface area contributed by atoms with Gasteiger partial charge in [0.05, 0.1) is 11.2 Å². The highest BCUT2D eigenvalue weighted by molar-refractivity contribution is 5.79. The van der Waals surface area contributed by atoms with Crippen LogP contribution in [0.3, 0.4) is 0 Å². The Hall–Kier alpha value is -3.13. The van der Waals surface area contributed by atoms with Crippen LogP contribution in [0, 0.1) is 5.82 Å². The number of nitrogens with zero attached hydrogens (tertiary/aromatic N) is 3. The van der Waals surface area contributed by atoms with Gasteiger partial charge in [-0.15, -0.1) is 0 Å². The molecule has 0 saturated carbocycles. The number of nitrogens with one attached hydrogen (secondary N) is 1. The van der Waals surface area contributed by atoms with Gasteiger partial charge in [-0.2, -0.15) is 0 Å². The zero-order chi connectivity index (χ0) is 20.2. The fourth-order valence-electron chi connectivity index (χ4n) is 3.64. The van der Waals surface area contributed by atoms with Crippen molar-refractivity contribution in [1.29, 1.82) is 0 Å². The van der Waals surface area contributed by atoms with E-state index in [1.165, 1.54) is 10.6 Å². The first kappa shape index (κ1) is 19.2. The molecule has 0 atom stereocenters. The Labute approximate surface area is 167 Å². The second-order valence-corrected chi connectivity index (χ2v) is 7.05. The molecule has 3 aromatic rings. The van der Waals surface area contributed by atoms with Crippen LogP contribution in [0.5, 0.6) is 0 Å². The average Bonchev–Trinajstić information content (AvgIpc) is 3.04. The molecule has 0 aliphatic carbocycles. The molecule has 0 unspecified atom stereocenters. The summed E-state index contributed by atoms with van der Waals surface area (Å²) in [7, 11) is 0. The van der Waals surface area contributed by atoms with Gasteiger partial charge in [0.2, 0.25) is 5.91 Å². The summed E-state index contributed by atoms with van der Waals surface area (Å²) in [6.07, 6.45) is 0. The van der Waals surface area contributed by atoms with Crippen molar-refractivity contribution in [2.75, 3.05) is 44.2 Å². The van der Waals surface area contributed by atoms with Crippen molar-refractivity contribution in [2.24, 2.45) is 0 Å². The minimum atomic E-state index is -0.536. The second kappa shape index (κ2) is 8.48. The molecule has 0 spiro atoms. The highest BCUT2D eigenvalue weighted by Gasteiger charge is 2.19. The third-order valence-electron chi connectivity index (χ3n) is 5.19. The maximum absolute atomic E-state index is 13.9. The van der Waals surface area contributed by atoms with Crippen LogP contribution in [0.2, 0.25) is 0 Å². The van der Waals surface area contributed by atoms with Crippen LogP contribution in [-0.4, -0.2) is 54.6 Å². The molecular weight excluding hydrogens is 375 g/mol. The number of carbonyl (C=O) groups excluding carboxylic acids is 1. The van der Waals surface area contributed by atoms with Crippen molar-refractivity contribution < 1.29 is 13.6 Å². The number of benzene rings is 2.